The van der Waals surface area contributed by atoms with Crippen LogP contribution in [-0.2, 0) is 7.05 Å². The van der Waals surface area contributed by atoms with E-state index in [4.69, 9.17) is 0 Å². The van der Waals surface area contributed by atoms with E-state index in [-0.39, 0.29) is 11.4 Å². The number of amides is 1. The molecule has 0 fully saturated rings. The summed E-state index contributed by atoms with van der Waals surface area (Å²) in [6.45, 7) is 4.06. The van der Waals surface area contributed by atoms with Gasteiger partial charge in [-0.1, -0.05) is 22.9 Å². The number of nitrogens with one attached hydrogen (secondary N) is 1. The molecule has 1 amide bonds. The van der Waals surface area contributed by atoms with Crippen molar-refractivity contribution in [2.75, 3.05) is 5.33 Å². The normalized spacial score (nSPS) is 14.7. The van der Waals surface area contributed by atoms with Crippen LogP contribution in [0.1, 0.15) is 30.8 Å². The van der Waals surface area contributed by atoms with Crippen LogP contribution in [0.25, 0.3) is 0 Å². The number of imidazole rings is 1. The van der Waals surface area contributed by atoms with Gasteiger partial charge in [0.25, 0.3) is 5.91 Å². The number of hydrogen-bond acceptors (Lipinski definition) is 2. The number of nitrogens with zero attached hydrogens (tertiary/aromatic N) is 2. The van der Waals surface area contributed by atoms with Gasteiger partial charge >= 0.3 is 0 Å². The summed E-state index contributed by atoms with van der Waals surface area (Å²) in [5, 5.41) is 3.73. The molecule has 1 aromatic rings. The monoisotopic (exact) mass is 273 g/mol. The zero-order valence-corrected chi connectivity index (χ0v) is 10.8. The van der Waals surface area contributed by atoms with Crippen molar-refractivity contribution in [1.29, 1.82) is 0 Å². The third kappa shape index (κ3) is 2.81. The van der Waals surface area contributed by atoms with Crippen molar-refractivity contribution in [1.82, 2.24) is 14.9 Å². The number of aryl methyl sites for hydroxylation is 1. The second-order valence-corrected chi connectivity index (χ2v) is 4.45. The lowest BCUT2D eigenvalue weighted by Gasteiger charge is -2.27. The van der Waals surface area contributed by atoms with Gasteiger partial charge in [-0.25, -0.2) is 4.98 Å². The predicted molar refractivity (Wildman–Crippen MR) is 63.2 cm³/mol. The largest absolute Gasteiger partial charge is 0.345 e. The molecule has 0 saturated carbocycles. The maximum Gasteiger partial charge on any atom is 0.269 e. The fraction of sp³-hybridized carbons (Fsp3) is 0.600. The van der Waals surface area contributed by atoms with Crippen molar-refractivity contribution in [3.63, 3.8) is 0 Å². The minimum atomic E-state index is -0.207. The minimum absolute atomic E-state index is 0.0844. The lowest BCUT2D eigenvalue weighted by Crippen LogP contribution is -2.47. The Balaban J connectivity index is 2.76. The van der Waals surface area contributed by atoms with E-state index in [1.807, 2.05) is 13.8 Å². The van der Waals surface area contributed by atoms with Crippen LogP contribution in [0.15, 0.2) is 12.5 Å². The van der Waals surface area contributed by atoms with Gasteiger partial charge in [0.05, 0.1) is 12.5 Å². The second-order valence-electron chi connectivity index (χ2n) is 3.89. The topological polar surface area (TPSA) is 46.9 Å². The first-order chi connectivity index (χ1) is 7.02. The molecule has 0 aliphatic rings. The Morgan fingerprint density at radius 1 is 1.73 bits per heavy atom. The summed E-state index contributed by atoms with van der Waals surface area (Å²) >= 11 is 3.41. The smallest absolute Gasteiger partial charge is 0.269 e. The van der Waals surface area contributed by atoms with Crippen LogP contribution in [-0.4, -0.2) is 26.3 Å². The lowest BCUT2D eigenvalue weighted by atomic mass is 10.0. The maximum atomic E-state index is 11.9. The van der Waals surface area contributed by atoms with Crippen LogP contribution in [0.4, 0.5) is 0 Å². The van der Waals surface area contributed by atoms with E-state index >= 15 is 0 Å². The molecule has 4 nitrogen and oxygen atoms in total. The van der Waals surface area contributed by atoms with Gasteiger partial charge in [-0.15, -0.1) is 0 Å². The summed E-state index contributed by atoms with van der Waals surface area (Å²) in [5.74, 6) is -0.0844. The minimum Gasteiger partial charge on any atom is -0.345 e. The van der Waals surface area contributed by atoms with Crippen molar-refractivity contribution < 1.29 is 4.79 Å². The van der Waals surface area contributed by atoms with Crippen LogP contribution in [0.5, 0.6) is 0 Å². The van der Waals surface area contributed by atoms with E-state index in [2.05, 4.69) is 26.2 Å². The average Bonchev–Trinajstić information content (AvgIpc) is 2.64. The first-order valence-corrected chi connectivity index (χ1v) is 5.99. The third-order valence-electron chi connectivity index (χ3n) is 2.54. The molecule has 1 N–H and O–H groups in total. The van der Waals surface area contributed by atoms with E-state index in [9.17, 15) is 4.79 Å². The van der Waals surface area contributed by atoms with Crippen LogP contribution < -0.4 is 5.32 Å². The summed E-state index contributed by atoms with van der Waals surface area (Å²) < 4.78 is 1.71. The summed E-state index contributed by atoms with van der Waals surface area (Å²) in [6, 6.07) is 0. The first kappa shape index (κ1) is 12.2. The highest BCUT2D eigenvalue weighted by Gasteiger charge is 2.24. The number of alkyl halides is 1. The van der Waals surface area contributed by atoms with Gasteiger partial charge in [0.1, 0.15) is 5.69 Å². The number of halogens is 1. The van der Waals surface area contributed by atoms with E-state index < -0.39 is 0 Å². The number of hydrogen-bond donors (Lipinski definition) is 1. The summed E-state index contributed by atoms with van der Waals surface area (Å²) in [7, 11) is 1.80. The van der Waals surface area contributed by atoms with E-state index in [1.54, 1.807) is 24.1 Å². The molecule has 1 unspecified atom stereocenters. The molecule has 84 valence electrons. The van der Waals surface area contributed by atoms with E-state index in [1.165, 1.54) is 0 Å². The van der Waals surface area contributed by atoms with Crippen LogP contribution in [0, 0.1) is 0 Å². The number of aromatic nitrogens is 2. The highest BCUT2D eigenvalue weighted by Crippen LogP contribution is 2.13. The van der Waals surface area contributed by atoms with Crippen molar-refractivity contribution in [2.45, 2.75) is 25.8 Å². The first-order valence-electron chi connectivity index (χ1n) is 4.87. The second kappa shape index (κ2) is 4.79. The van der Waals surface area contributed by atoms with Gasteiger partial charge in [-0.2, -0.15) is 0 Å². The Kier molecular flexibility index (Phi) is 3.90. The number of carbonyl (C=O) groups excluding carboxylic acids is 1. The fourth-order valence-electron chi connectivity index (χ4n) is 1.13. The molecular formula is C10H16BrN3O. The summed E-state index contributed by atoms with van der Waals surface area (Å²) in [5.41, 5.74) is 0.372. The maximum absolute atomic E-state index is 11.9. The van der Waals surface area contributed by atoms with Gasteiger partial charge in [0.2, 0.25) is 0 Å². The quantitative estimate of drug-likeness (QED) is 0.850. The molecule has 1 heterocycles. The predicted octanol–water partition coefficient (Wildman–Crippen LogP) is 1.71. The lowest BCUT2D eigenvalue weighted by molar-refractivity contribution is 0.0905. The molecule has 0 aromatic carbocycles. The average molecular weight is 274 g/mol. The standard InChI is InChI=1S/C10H16BrN3O/c1-4-10(2,6-11)13-9(15)8-5-12-7-14(8)3/h5,7H,4,6H2,1-3H3,(H,13,15). The number of rotatable bonds is 4. The zero-order chi connectivity index (χ0) is 11.5. The van der Waals surface area contributed by atoms with Crippen LogP contribution >= 0.6 is 15.9 Å². The Morgan fingerprint density at radius 2 is 2.40 bits per heavy atom. The molecule has 0 radical (unpaired) electrons. The molecule has 0 aliphatic heterocycles. The van der Waals surface area contributed by atoms with Gasteiger partial charge < -0.3 is 9.88 Å². The van der Waals surface area contributed by atoms with Crippen molar-refractivity contribution in [2.24, 2.45) is 7.05 Å². The Labute approximate surface area is 98.2 Å². The van der Waals surface area contributed by atoms with Crippen molar-refractivity contribution >= 4 is 21.8 Å². The molecule has 15 heavy (non-hydrogen) atoms. The van der Waals surface area contributed by atoms with E-state index in [0.29, 0.717) is 5.69 Å². The fourth-order valence-corrected chi connectivity index (χ4v) is 1.67. The highest BCUT2D eigenvalue weighted by atomic mass is 79.9. The molecule has 0 aliphatic carbocycles. The Hall–Kier alpha value is -0.840. The molecular weight excluding hydrogens is 258 g/mol. The molecule has 1 rings (SSSR count). The SMILES string of the molecule is CCC(C)(CBr)NC(=O)c1cncn1C. The molecule has 0 bridgehead atoms. The van der Waals surface area contributed by atoms with Gasteiger partial charge in [0, 0.05) is 17.9 Å². The van der Waals surface area contributed by atoms with Crippen LogP contribution in [0.2, 0.25) is 0 Å². The number of carbonyl (C=O) groups is 1. The van der Waals surface area contributed by atoms with Gasteiger partial charge in [0.15, 0.2) is 0 Å². The van der Waals surface area contributed by atoms with Gasteiger partial charge in [-0.05, 0) is 13.3 Å². The molecule has 1 atom stereocenters. The third-order valence-corrected chi connectivity index (χ3v) is 3.78. The zero-order valence-electron chi connectivity index (χ0n) is 9.25. The summed E-state index contributed by atoms with van der Waals surface area (Å²) in [4.78, 5) is 15.8. The molecule has 0 spiro atoms. The highest BCUT2D eigenvalue weighted by molar-refractivity contribution is 9.09. The van der Waals surface area contributed by atoms with Crippen molar-refractivity contribution in [3.8, 4) is 0 Å². The Bertz CT molecular complexity index is 344. The van der Waals surface area contributed by atoms with Crippen molar-refractivity contribution in [3.05, 3.63) is 18.2 Å². The Morgan fingerprint density at radius 3 is 2.80 bits per heavy atom. The molecule has 1 aromatic heterocycles. The summed E-state index contributed by atoms with van der Waals surface area (Å²) in [6.07, 6.45) is 4.06. The van der Waals surface area contributed by atoms with E-state index in [0.717, 1.165) is 11.8 Å². The molecule has 0 saturated heterocycles. The van der Waals surface area contributed by atoms with Gasteiger partial charge in [-0.3, -0.25) is 4.79 Å². The van der Waals surface area contributed by atoms with Crippen LogP contribution in [0.3, 0.4) is 0 Å². The molecule has 5 heteroatoms.